The molecule has 0 unspecified atom stereocenters. The normalized spacial score (nSPS) is 16.1. The van der Waals surface area contributed by atoms with Crippen molar-refractivity contribution in [3.63, 3.8) is 0 Å². The second-order valence-corrected chi connectivity index (χ2v) is 9.32. The number of hydrogen-bond donors (Lipinski definition) is 1. The third-order valence-electron chi connectivity index (χ3n) is 4.90. The zero-order valence-electron chi connectivity index (χ0n) is 16.0. The number of rotatable bonds is 5. The first-order valence-corrected chi connectivity index (χ1v) is 10.9. The highest BCUT2D eigenvalue weighted by atomic mass is 35.5. The van der Waals surface area contributed by atoms with Crippen LogP contribution in [-0.4, -0.2) is 56.3 Å². The number of sulfonamides is 1. The summed E-state index contributed by atoms with van der Waals surface area (Å²) in [6.45, 7) is 5.87. The number of halogens is 1. The van der Waals surface area contributed by atoms with Gasteiger partial charge in [-0.1, -0.05) is 29.8 Å². The van der Waals surface area contributed by atoms with Crippen molar-refractivity contribution in [3.8, 4) is 0 Å². The highest BCUT2D eigenvalue weighted by Gasteiger charge is 2.29. The molecule has 0 saturated carbocycles. The van der Waals surface area contributed by atoms with Crippen LogP contribution in [-0.2, 0) is 14.8 Å². The van der Waals surface area contributed by atoms with Gasteiger partial charge in [0.25, 0.3) is 0 Å². The van der Waals surface area contributed by atoms with Crippen LogP contribution in [0.3, 0.4) is 0 Å². The van der Waals surface area contributed by atoms with Gasteiger partial charge in [0.2, 0.25) is 15.9 Å². The van der Waals surface area contributed by atoms with Crippen LogP contribution in [0.4, 0.5) is 5.69 Å². The number of nitrogens with zero attached hydrogens (tertiary/aromatic N) is 2. The summed E-state index contributed by atoms with van der Waals surface area (Å²) in [6, 6.07) is 12.1. The number of para-hydroxylation sites is 1. The molecule has 1 amide bonds. The highest BCUT2D eigenvalue weighted by Crippen LogP contribution is 2.21. The van der Waals surface area contributed by atoms with Crippen molar-refractivity contribution in [2.45, 2.75) is 18.7 Å². The molecule has 1 N–H and O–H groups in total. The van der Waals surface area contributed by atoms with Gasteiger partial charge < -0.3 is 5.32 Å². The number of carbonyl (C=O) groups excluding carboxylic acids is 1. The minimum atomic E-state index is -3.54. The predicted molar refractivity (Wildman–Crippen MR) is 111 cm³/mol. The van der Waals surface area contributed by atoms with Gasteiger partial charge in [-0.05, 0) is 49.2 Å². The molecule has 1 fully saturated rings. The lowest BCUT2D eigenvalue weighted by Crippen LogP contribution is -2.50. The van der Waals surface area contributed by atoms with Gasteiger partial charge in [0.05, 0.1) is 11.4 Å². The van der Waals surface area contributed by atoms with E-state index in [1.807, 2.05) is 36.9 Å². The summed E-state index contributed by atoms with van der Waals surface area (Å²) in [5.74, 6) is -0.0913. The molecule has 0 atom stereocenters. The second-order valence-electron chi connectivity index (χ2n) is 6.95. The molecule has 1 heterocycles. The van der Waals surface area contributed by atoms with Crippen LogP contribution < -0.4 is 5.32 Å². The Bertz CT molecular complexity index is 933. The Hall–Kier alpha value is -1.93. The molecule has 0 radical (unpaired) electrons. The number of amides is 1. The average Bonchev–Trinajstić information content (AvgIpc) is 2.66. The van der Waals surface area contributed by atoms with Crippen LogP contribution in [0.1, 0.15) is 11.1 Å². The van der Waals surface area contributed by atoms with Gasteiger partial charge in [0.15, 0.2) is 0 Å². The molecule has 1 aliphatic rings. The lowest BCUT2D eigenvalue weighted by atomic mass is 10.1. The van der Waals surface area contributed by atoms with E-state index in [0.29, 0.717) is 31.2 Å². The molecule has 28 heavy (non-hydrogen) atoms. The van der Waals surface area contributed by atoms with Crippen LogP contribution in [0.2, 0.25) is 5.02 Å². The fourth-order valence-electron chi connectivity index (χ4n) is 3.28. The van der Waals surface area contributed by atoms with Gasteiger partial charge in [-0.15, -0.1) is 0 Å². The van der Waals surface area contributed by atoms with Gasteiger partial charge >= 0.3 is 0 Å². The van der Waals surface area contributed by atoms with E-state index in [9.17, 15) is 13.2 Å². The second kappa shape index (κ2) is 8.61. The molecule has 0 aliphatic carbocycles. The molecule has 2 aromatic rings. The first-order chi connectivity index (χ1) is 13.3. The summed E-state index contributed by atoms with van der Waals surface area (Å²) in [5, 5.41) is 3.47. The molecule has 0 spiro atoms. The quantitative estimate of drug-likeness (QED) is 0.805. The van der Waals surface area contributed by atoms with Gasteiger partial charge in [0.1, 0.15) is 0 Å². The van der Waals surface area contributed by atoms with Crippen molar-refractivity contribution >= 4 is 33.2 Å². The Labute approximate surface area is 171 Å². The first-order valence-electron chi connectivity index (χ1n) is 9.11. The molecular weight excluding hydrogens is 398 g/mol. The van der Waals surface area contributed by atoms with Crippen molar-refractivity contribution in [1.82, 2.24) is 9.21 Å². The highest BCUT2D eigenvalue weighted by molar-refractivity contribution is 7.89. The number of nitrogens with one attached hydrogen (secondary N) is 1. The standard InChI is InChI=1S/C20H24ClN3O3S/c1-15-4-3-5-16(2)20(15)22-19(25)14-23-10-12-24(13-11-23)28(26,27)18-8-6-17(21)7-9-18/h3-9H,10-14H2,1-2H3,(H,22,25). The van der Waals surface area contributed by atoms with Gasteiger partial charge in [-0.3, -0.25) is 9.69 Å². The van der Waals surface area contributed by atoms with Crippen LogP contribution in [0.15, 0.2) is 47.4 Å². The third-order valence-corrected chi connectivity index (χ3v) is 7.06. The van der Waals surface area contributed by atoms with Gasteiger partial charge in [0, 0.05) is 36.9 Å². The molecule has 2 aromatic carbocycles. The molecule has 0 bridgehead atoms. The first kappa shape index (κ1) is 20.8. The van der Waals surface area contributed by atoms with Crippen LogP contribution in [0, 0.1) is 13.8 Å². The number of benzene rings is 2. The van der Waals surface area contributed by atoms with Crippen molar-refractivity contribution in [3.05, 3.63) is 58.6 Å². The largest absolute Gasteiger partial charge is 0.324 e. The maximum atomic E-state index is 12.7. The summed E-state index contributed by atoms with van der Waals surface area (Å²) in [6.07, 6.45) is 0. The van der Waals surface area contributed by atoms with E-state index in [4.69, 9.17) is 11.6 Å². The molecule has 1 saturated heterocycles. The minimum Gasteiger partial charge on any atom is -0.324 e. The summed E-state index contributed by atoms with van der Waals surface area (Å²) >= 11 is 5.84. The fraction of sp³-hybridized carbons (Fsp3) is 0.350. The summed E-state index contributed by atoms with van der Waals surface area (Å²) in [7, 11) is -3.54. The van der Waals surface area contributed by atoms with Crippen LogP contribution in [0.25, 0.3) is 0 Å². The van der Waals surface area contributed by atoms with Crippen LogP contribution in [0.5, 0.6) is 0 Å². The molecule has 150 valence electrons. The SMILES string of the molecule is Cc1cccc(C)c1NC(=O)CN1CCN(S(=O)(=O)c2ccc(Cl)cc2)CC1. The van der Waals surface area contributed by atoms with Crippen molar-refractivity contribution in [1.29, 1.82) is 0 Å². The fourth-order valence-corrected chi connectivity index (χ4v) is 4.83. The predicted octanol–water partition coefficient (Wildman–Crippen LogP) is 2.90. The van der Waals surface area contributed by atoms with Crippen molar-refractivity contribution in [2.75, 3.05) is 38.0 Å². The van der Waals surface area contributed by atoms with Gasteiger partial charge in [-0.2, -0.15) is 4.31 Å². The summed E-state index contributed by atoms with van der Waals surface area (Å²) in [5.41, 5.74) is 2.89. The van der Waals surface area contributed by atoms with Gasteiger partial charge in [-0.25, -0.2) is 8.42 Å². The smallest absolute Gasteiger partial charge is 0.243 e. The van der Waals surface area contributed by atoms with E-state index in [1.54, 1.807) is 12.1 Å². The zero-order valence-corrected chi connectivity index (χ0v) is 17.6. The third kappa shape index (κ3) is 4.72. The molecular formula is C20H24ClN3O3S. The Morgan fingerprint density at radius 2 is 1.57 bits per heavy atom. The average molecular weight is 422 g/mol. The van der Waals surface area contributed by atoms with E-state index < -0.39 is 10.0 Å². The van der Waals surface area contributed by atoms with E-state index in [0.717, 1.165) is 16.8 Å². The lowest BCUT2D eigenvalue weighted by molar-refractivity contribution is -0.117. The monoisotopic (exact) mass is 421 g/mol. The maximum absolute atomic E-state index is 12.7. The minimum absolute atomic E-state index is 0.0913. The lowest BCUT2D eigenvalue weighted by Gasteiger charge is -2.33. The number of anilines is 1. The van der Waals surface area contributed by atoms with Crippen LogP contribution >= 0.6 is 11.6 Å². The maximum Gasteiger partial charge on any atom is 0.243 e. The molecule has 6 nitrogen and oxygen atoms in total. The number of hydrogen-bond acceptors (Lipinski definition) is 4. The van der Waals surface area contributed by atoms with E-state index in [2.05, 4.69) is 5.32 Å². The molecule has 3 rings (SSSR count). The number of aryl methyl sites for hydroxylation is 2. The van der Waals surface area contributed by atoms with E-state index in [1.165, 1.54) is 16.4 Å². The Kier molecular flexibility index (Phi) is 6.40. The van der Waals surface area contributed by atoms with E-state index >= 15 is 0 Å². The molecule has 1 aliphatic heterocycles. The summed E-state index contributed by atoms with van der Waals surface area (Å²) in [4.78, 5) is 14.6. The number of carbonyl (C=O) groups is 1. The Morgan fingerprint density at radius 3 is 2.14 bits per heavy atom. The number of piperazine rings is 1. The topological polar surface area (TPSA) is 69.7 Å². The Morgan fingerprint density at radius 1 is 1.00 bits per heavy atom. The van der Waals surface area contributed by atoms with E-state index in [-0.39, 0.29) is 17.3 Å². The summed E-state index contributed by atoms with van der Waals surface area (Å²) < 4.78 is 26.9. The van der Waals surface area contributed by atoms with Crippen molar-refractivity contribution in [2.24, 2.45) is 0 Å². The molecule has 8 heteroatoms. The molecule has 0 aromatic heterocycles. The van der Waals surface area contributed by atoms with Crippen molar-refractivity contribution < 1.29 is 13.2 Å². The Balaban J connectivity index is 1.56. The zero-order chi connectivity index (χ0) is 20.3.